The third-order valence-corrected chi connectivity index (χ3v) is 6.22. The summed E-state index contributed by atoms with van der Waals surface area (Å²) in [4.78, 5) is 9.19. The molecule has 5 aromatic rings. The van der Waals surface area contributed by atoms with Gasteiger partial charge in [-0.25, -0.2) is 0 Å². The maximum absolute atomic E-state index is 9.64. The van der Waals surface area contributed by atoms with Gasteiger partial charge >= 0.3 is 0 Å². The molecule has 0 aliphatic heterocycles. The maximum Gasteiger partial charge on any atom is 0.153 e. The van der Waals surface area contributed by atoms with E-state index in [-0.39, 0.29) is 0 Å². The number of H-pyrrole nitrogens is 1. The zero-order valence-corrected chi connectivity index (χ0v) is 19.3. The highest BCUT2D eigenvalue weighted by Gasteiger charge is 2.21. The predicted octanol–water partition coefficient (Wildman–Crippen LogP) is 6.38. The van der Waals surface area contributed by atoms with Crippen LogP contribution in [-0.2, 0) is 0 Å². The molecule has 2 aromatic carbocycles. The molecule has 174 valence electrons. The quantitative estimate of drug-likeness (QED) is 0.278. The number of aromatic amines is 1. The smallest absolute Gasteiger partial charge is 0.153 e. The van der Waals surface area contributed by atoms with Crippen LogP contribution in [0.15, 0.2) is 85.2 Å². The summed E-state index contributed by atoms with van der Waals surface area (Å²) >= 11 is 0. The van der Waals surface area contributed by atoms with Crippen LogP contribution in [0, 0.1) is 17.2 Å². The van der Waals surface area contributed by atoms with Crippen LogP contribution in [0.1, 0.15) is 18.5 Å². The van der Waals surface area contributed by atoms with Gasteiger partial charge in [-0.15, -0.1) is 0 Å². The Morgan fingerprint density at radius 2 is 1.78 bits per heavy atom. The molecule has 3 heterocycles. The molecule has 1 fully saturated rings. The first-order chi connectivity index (χ1) is 17.7. The number of nitriles is 1. The number of allylic oxidation sites excluding steroid dienone is 2. The Hall–Kier alpha value is -4.96. The topological polar surface area (TPSA) is 113 Å². The number of rotatable bonds is 6. The second-order valence-corrected chi connectivity index (χ2v) is 8.78. The van der Waals surface area contributed by atoms with Crippen molar-refractivity contribution in [2.24, 2.45) is 5.92 Å². The van der Waals surface area contributed by atoms with Crippen LogP contribution in [0.2, 0.25) is 0 Å². The summed E-state index contributed by atoms with van der Waals surface area (Å²) in [5.41, 5.74) is 11.6. The van der Waals surface area contributed by atoms with Gasteiger partial charge in [0.2, 0.25) is 0 Å². The minimum Gasteiger partial charge on any atom is -0.457 e. The molecule has 1 aliphatic carbocycles. The zero-order valence-electron chi connectivity index (χ0n) is 19.3. The monoisotopic (exact) mass is 470 g/mol. The number of pyridine rings is 2. The van der Waals surface area contributed by atoms with Crippen LogP contribution in [0.5, 0.6) is 11.5 Å². The van der Waals surface area contributed by atoms with E-state index in [1.165, 1.54) is 0 Å². The predicted molar refractivity (Wildman–Crippen MR) is 140 cm³/mol. The molecular formula is C29H22N6O. The molecule has 7 heteroatoms. The van der Waals surface area contributed by atoms with Gasteiger partial charge in [0, 0.05) is 23.5 Å². The number of anilines is 1. The van der Waals surface area contributed by atoms with E-state index in [0.717, 1.165) is 51.9 Å². The van der Waals surface area contributed by atoms with Crippen molar-refractivity contribution in [2.45, 2.75) is 12.8 Å². The van der Waals surface area contributed by atoms with Crippen molar-refractivity contribution in [3.63, 3.8) is 0 Å². The zero-order chi connectivity index (χ0) is 24.5. The molecular weight excluding hydrogens is 448 g/mol. The second kappa shape index (κ2) is 9.01. The van der Waals surface area contributed by atoms with E-state index in [4.69, 9.17) is 15.5 Å². The molecule has 3 N–H and O–H groups in total. The summed E-state index contributed by atoms with van der Waals surface area (Å²) in [5.74, 6) is 2.39. The first kappa shape index (κ1) is 21.6. The molecule has 0 unspecified atom stereocenters. The van der Waals surface area contributed by atoms with Gasteiger partial charge in [0.25, 0.3) is 0 Å². The summed E-state index contributed by atoms with van der Waals surface area (Å²) in [5, 5.41) is 17.8. The first-order valence-corrected chi connectivity index (χ1v) is 11.7. The minimum atomic E-state index is 0.397. The molecule has 0 spiro atoms. The third-order valence-electron chi connectivity index (χ3n) is 6.22. The van der Waals surface area contributed by atoms with E-state index in [0.29, 0.717) is 28.7 Å². The molecule has 0 bridgehead atoms. The first-order valence-electron chi connectivity index (χ1n) is 11.7. The van der Waals surface area contributed by atoms with E-state index < -0.39 is 0 Å². The molecule has 0 atom stereocenters. The minimum absolute atomic E-state index is 0.397. The van der Waals surface area contributed by atoms with Crippen LogP contribution in [0.3, 0.4) is 0 Å². The molecule has 1 aliphatic rings. The Morgan fingerprint density at radius 3 is 2.53 bits per heavy atom. The molecule has 1 saturated carbocycles. The van der Waals surface area contributed by atoms with Crippen LogP contribution in [-0.4, -0.2) is 20.2 Å². The third kappa shape index (κ3) is 4.17. The fourth-order valence-corrected chi connectivity index (χ4v) is 4.23. The summed E-state index contributed by atoms with van der Waals surface area (Å²) in [6, 6.07) is 23.5. The largest absolute Gasteiger partial charge is 0.457 e. The fourth-order valence-electron chi connectivity index (χ4n) is 4.23. The number of nitrogen functional groups attached to an aromatic ring is 1. The van der Waals surface area contributed by atoms with Crippen LogP contribution < -0.4 is 10.5 Å². The normalized spacial score (nSPS) is 13.5. The van der Waals surface area contributed by atoms with E-state index in [1.54, 1.807) is 6.20 Å². The Labute approximate surface area is 207 Å². The number of ether oxygens (including phenoxy) is 1. The SMILES string of the molecule is N#C/C(=C\C1CC1)c1cc(-c2ncc(-c3ccc(Oc4ccccc4)cc3)c3c(N)n[nH]c23)ccn1. The Kier molecular flexibility index (Phi) is 5.39. The summed E-state index contributed by atoms with van der Waals surface area (Å²) < 4.78 is 5.92. The number of nitrogens with two attached hydrogens (primary N) is 1. The van der Waals surface area contributed by atoms with Crippen molar-refractivity contribution >= 4 is 22.3 Å². The number of nitrogens with zero attached hydrogens (tertiary/aromatic N) is 4. The molecule has 36 heavy (non-hydrogen) atoms. The van der Waals surface area contributed by atoms with E-state index in [1.807, 2.05) is 79.0 Å². The Morgan fingerprint density at radius 1 is 1.00 bits per heavy atom. The molecule has 7 nitrogen and oxygen atoms in total. The molecule has 0 amide bonds. The number of fused-ring (bicyclic) bond motifs is 1. The highest BCUT2D eigenvalue weighted by Crippen LogP contribution is 2.37. The van der Waals surface area contributed by atoms with Crippen molar-refractivity contribution < 1.29 is 4.74 Å². The van der Waals surface area contributed by atoms with Crippen molar-refractivity contribution in [3.8, 4) is 40.0 Å². The van der Waals surface area contributed by atoms with E-state index >= 15 is 0 Å². The van der Waals surface area contributed by atoms with E-state index in [9.17, 15) is 5.26 Å². The number of hydrogen-bond acceptors (Lipinski definition) is 6. The molecule has 6 rings (SSSR count). The maximum atomic E-state index is 9.64. The average Bonchev–Trinajstić information content (AvgIpc) is 3.67. The highest BCUT2D eigenvalue weighted by molar-refractivity contribution is 6.06. The van der Waals surface area contributed by atoms with Gasteiger partial charge in [-0.05, 0) is 60.7 Å². The number of benzene rings is 2. The molecule has 0 saturated heterocycles. The number of hydrogen-bond donors (Lipinski definition) is 2. The standard InChI is InChI=1S/C29H22N6O/c30-16-21(14-18-6-7-18)25-15-20(12-13-32-25)27-28-26(29(31)35-34-28)24(17-33-27)19-8-10-23(11-9-19)36-22-4-2-1-3-5-22/h1-5,8-15,17-18H,6-7H2,(H3,31,34,35)/b21-14+. The van der Waals surface area contributed by atoms with Crippen LogP contribution in [0.25, 0.3) is 38.9 Å². The van der Waals surface area contributed by atoms with Gasteiger partial charge in [0.1, 0.15) is 17.6 Å². The van der Waals surface area contributed by atoms with Crippen molar-refractivity contribution in [3.05, 3.63) is 90.9 Å². The van der Waals surface area contributed by atoms with Crippen LogP contribution >= 0.6 is 0 Å². The lowest BCUT2D eigenvalue weighted by Crippen LogP contribution is -1.94. The Balaban J connectivity index is 1.37. The van der Waals surface area contributed by atoms with Gasteiger partial charge < -0.3 is 10.5 Å². The highest BCUT2D eigenvalue weighted by atomic mass is 16.5. The number of para-hydroxylation sites is 1. The van der Waals surface area contributed by atoms with Gasteiger partial charge in [0.05, 0.1) is 27.9 Å². The summed E-state index contributed by atoms with van der Waals surface area (Å²) in [6.45, 7) is 0. The Bertz CT molecular complexity index is 1630. The van der Waals surface area contributed by atoms with Crippen molar-refractivity contribution in [2.75, 3.05) is 5.73 Å². The molecule has 3 aromatic heterocycles. The summed E-state index contributed by atoms with van der Waals surface area (Å²) in [7, 11) is 0. The number of nitrogens with one attached hydrogen (secondary N) is 1. The lowest BCUT2D eigenvalue weighted by atomic mass is 10.00. The lowest BCUT2D eigenvalue weighted by molar-refractivity contribution is 0.483. The fraction of sp³-hybridized carbons (Fsp3) is 0.103. The van der Waals surface area contributed by atoms with Gasteiger partial charge in [-0.3, -0.25) is 15.1 Å². The van der Waals surface area contributed by atoms with Gasteiger partial charge in [-0.1, -0.05) is 36.4 Å². The van der Waals surface area contributed by atoms with Crippen molar-refractivity contribution in [1.29, 1.82) is 5.26 Å². The van der Waals surface area contributed by atoms with Gasteiger partial charge in [-0.2, -0.15) is 10.4 Å². The lowest BCUT2D eigenvalue weighted by Gasteiger charge is -2.10. The van der Waals surface area contributed by atoms with E-state index in [2.05, 4.69) is 21.3 Å². The number of aromatic nitrogens is 4. The van der Waals surface area contributed by atoms with Crippen LogP contribution in [0.4, 0.5) is 5.82 Å². The van der Waals surface area contributed by atoms with Crippen molar-refractivity contribution in [1.82, 2.24) is 20.2 Å². The second-order valence-electron chi connectivity index (χ2n) is 8.78. The summed E-state index contributed by atoms with van der Waals surface area (Å²) in [6.07, 6.45) is 7.78. The average molecular weight is 471 g/mol. The molecule has 0 radical (unpaired) electrons. The van der Waals surface area contributed by atoms with Gasteiger partial charge in [0.15, 0.2) is 5.82 Å².